The zero-order valence-electron chi connectivity index (χ0n) is 18.7. The van der Waals surface area contributed by atoms with E-state index in [1.54, 1.807) is 6.07 Å². The molecule has 0 amide bonds. The van der Waals surface area contributed by atoms with Crippen molar-refractivity contribution in [2.75, 3.05) is 27.7 Å². The summed E-state index contributed by atoms with van der Waals surface area (Å²) in [6, 6.07) is 6.46. The molecule has 0 aliphatic heterocycles. The third kappa shape index (κ3) is 4.95. The van der Waals surface area contributed by atoms with E-state index in [0.29, 0.717) is 17.3 Å². The fourth-order valence-corrected chi connectivity index (χ4v) is 3.90. The molecule has 1 atom stereocenters. The summed E-state index contributed by atoms with van der Waals surface area (Å²) in [7, 11) is 5.53. The van der Waals surface area contributed by atoms with Gasteiger partial charge < -0.3 is 18.9 Å². The Labute approximate surface area is 180 Å². The Bertz CT molecular complexity index is 1070. The number of halogens is 3. The average molecular weight is 435 g/mol. The number of aromatic nitrogens is 2. The van der Waals surface area contributed by atoms with Crippen LogP contribution in [0, 0.1) is 13.8 Å². The van der Waals surface area contributed by atoms with Crippen molar-refractivity contribution in [3.63, 3.8) is 0 Å². The molecule has 2 heterocycles. The monoisotopic (exact) mass is 435 g/mol. The third-order valence-electron chi connectivity index (χ3n) is 5.28. The number of alkyl halides is 3. The summed E-state index contributed by atoms with van der Waals surface area (Å²) in [6.07, 6.45) is -1.66. The van der Waals surface area contributed by atoms with E-state index in [2.05, 4.69) is 47.5 Å². The minimum Gasteiger partial charge on any atom is -0.496 e. The maximum absolute atomic E-state index is 12.6. The standard InChI is InChI=1S/C23H28F3N3O2/c1-7-16(13-28(4)5)29-12-15(3)22-19(29)10-14(2)21(27-22)18-9-8-17(11-20(18)30-6)31-23(24,25)26/h8-12,16H,7,13H2,1-6H3/t16-/m0/s1. The van der Waals surface area contributed by atoms with Crippen LogP contribution >= 0.6 is 0 Å². The zero-order chi connectivity index (χ0) is 22.9. The van der Waals surface area contributed by atoms with Gasteiger partial charge in [-0.05, 0) is 63.7 Å². The van der Waals surface area contributed by atoms with Gasteiger partial charge in [-0.2, -0.15) is 0 Å². The van der Waals surface area contributed by atoms with Crippen molar-refractivity contribution >= 4 is 11.0 Å². The summed E-state index contributed by atoms with van der Waals surface area (Å²) >= 11 is 0. The molecule has 1 aromatic carbocycles. The van der Waals surface area contributed by atoms with Crippen LogP contribution in [0.25, 0.3) is 22.3 Å². The van der Waals surface area contributed by atoms with E-state index < -0.39 is 6.36 Å². The van der Waals surface area contributed by atoms with Gasteiger partial charge in [-0.25, -0.2) is 4.98 Å². The van der Waals surface area contributed by atoms with Gasteiger partial charge in [-0.3, -0.25) is 0 Å². The molecule has 0 radical (unpaired) electrons. The molecule has 31 heavy (non-hydrogen) atoms. The number of ether oxygens (including phenoxy) is 2. The Morgan fingerprint density at radius 3 is 2.42 bits per heavy atom. The molecule has 168 valence electrons. The quantitative estimate of drug-likeness (QED) is 0.474. The van der Waals surface area contributed by atoms with Crippen molar-refractivity contribution in [2.45, 2.75) is 39.6 Å². The number of benzene rings is 1. The molecule has 8 heteroatoms. The van der Waals surface area contributed by atoms with Gasteiger partial charge in [0.1, 0.15) is 11.5 Å². The van der Waals surface area contributed by atoms with Crippen LogP contribution in [0.15, 0.2) is 30.5 Å². The lowest BCUT2D eigenvalue weighted by atomic mass is 10.0. The fraction of sp³-hybridized carbons (Fsp3) is 0.435. The van der Waals surface area contributed by atoms with Gasteiger partial charge in [0.15, 0.2) is 0 Å². The van der Waals surface area contributed by atoms with E-state index in [9.17, 15) is 13.2 Å². The van der Waals surface area contributed by atoms with Gasteiger partial charge in [-0.15, -0.1) is 13.2 Å². The Kier molecular flexibility index (Phi) is 6.50. The van der Waals surface area contributed by atoms with Crippen LogP contribution in [0.1, 0.15) is 30.5 Å². The molecular weight excluding hydrogens is 407 g/mol. The molecule has 0 aliphatic rings. The van der Waals surface area contributed by atoms with Gasteiger partial charge in [0.25, 0.3) is 0 Å². The summed E-state index contributed by atoms with van der Waals surface area (Å²) in [5.74, 6) is -0.0588. The summed E-state index contributed by atoms with van der Waals surface area (Å²) in [5.41, 5.74) is 5.16. The third-order valence-corrected chi connectivity index (χ3v) is 5.28. The number of likely N-dealkylation sites (N-methyl/N-ethyl adjacent to an activating group) is 1. The Hall–Kier alpha value is -2.74. The molecule has 0 N–H and O–H groups in total. The van der Waals surface area contributed by atoms with Crippen molar-refractivity contribution in [3.8, 4) is 22.8 Å². The van der Waals surface area contributed by atoms with Gasteiger partial charge >= 0.3 is 6.36 Å². The van der Waals surface area contributed by atoms with Crippen molar-refractivity contribution < 1.29 is 22.6 Å². The number of methoxy groups -OCH3 is 1. The SMILES string of the molecule is CC[C@@H](CN(C)C)n1cc(C)c2nc(-c3ccc(OC(F)(F)F)cc3OC)c(C)cc21. The lowest BCUT2D eigenvalue weighted by Crippen LogP contribution is -2.23. The van der Waals surface area contributed by atoms with Crippen molar-refractivity contribution in [2.24, 2.45) is 0 Å². The molecule has 0 spiro atoms. The number of hydrogen-bond acceptors (Lipinski definition) is 4. The summed E-state index contributed by atoms with van der Waals surface area (Å²) < 4.78 is 49.4. The van der Waals surface area contributed by atoms with E-state index in [1.165, 1.54) is 19.2 Å². The predicted molar refractivity (Wildman–Crippen MR) is 116 cm³/mol. The minimum atomic E-state index is -4.76. The van der Waals surface area contributed by atoms with E-state index >= 15 is 0 Å². The van der Waals surface area contributed by atoms with E-state index in [1.807, 2.05) is 13.8 Å². The minimum absolute atomic E-state index is 0.271. The molecule has 0 unspecified atom stereocenters. The molecule has 0 saturated carbocycles. The molecule has 2 aromatic heterocycles. The number of nitrogens with zero attached hydrogens (tertiary/aromatic N) is 3. The number of aryl methyl sites for hydroxylation is 2. The summed E-state index contributed by atoms with van der Waals surface area (Å²) in [5, 5.41) is 0. The zero-order valence-corrected chi connectivity index (χ0v) is 18.7. The largest absolute Gasteiger partial charge is 0.573 e. The average Bonchev–Trinajstić information content (AvgIpc) is 2.99. The Balaban J connectivity index is 2.10. The highest BCUT2D eigenvalue weighted by Gasteiger charge is 2.31. The van der Waals surface area contributed by atoms with Gasteiger partial charge in [0, 0.05) is 30.4 Å². The van der Waals surface area contributed by atoms with E-state index in [-0.39, 0.29) is 11.5 Å². The highest BCUT2D eigenvalue weighted by Crippen LogP contribution is 2.37. The predicted octanol–water partition coefficient (Wildman–Crippen LogP) is 5.74. The number of pyridine rings is 1. The van der Waals surface area contributed by atoms with Gasteiger partial charge in [0.05, 0.1) is 23.8 Å². The Morgan fingerprint density at radius 1 is 1.13 bits per heavy atom. The molecule has 0 saturated heterocycles. The first kappa shape index (κ1) is 22.9. The second-order valence-corrected chi connectivity index (χ2v) is 7.98. The molecule has 0 aliphatic carbocycles. The first-order valence-corrected chi connectivity index (χ1v) is 10.1. The van der Waals surface area contributed by atoms with E-state index in [0.717, 1.165) is 35.1 Å². The summed E-state index contributed by atoms with van der Waals surface area (Å²) in [4.78, 5) is 7.06. The van der Waals surface area contributed by atoms with Crippen molar-refractivity contribution in [1.82, 2.24) is 14.5 Å². The smallest absolute Gasteiger partial charge is 0.496 e. The number of hydrogen-bond donors (Lipinski definition) is 0. The molecule has 0 bridgehead atoms. The molecule has 0 fully saturated rings. The topological polar surface area (TPSA) is 39.5 Å². The Morgan fingerprint density at radius 2 is 1.84 bits per heavy atom. The second-order valence-electron chi connectivity index (χ2n) is 7.98. The van der Waals surface area contributed by atoms with Crippen LogP contribution in [0.2, 0.25) is 0 Å². The maximum atomic E-state index is 12.6. The highest BCUT2D eigenvalue weighted by molar-refractivity contribution is 5.85. The van der Waals surface area contributed by atoms with Crippen LogP contribution in [0.3, 0.4) is 0 Å². The first-order chi connectivity index (χ1) is 14.5. The molecule has 3 aromatic rings. The number of rotatable bonds is 7. The van der Waals surface area contributed by atoms with Crippen LogP contribution < -0.4 is 9.47 Å². The molecule has 3 rings (SSSR count). The number of fused-ring (bicyclic) bond motifs is 1. The lowest BCUT2D eigenvalue weighted by molar-refractivity contribution is -0.274. The van der Waals surface area contributed by atoms with E-state index in [4.69, 9.17) is 9.72 Å². The van der Waals surface area contributed by atoms with Crippen LogP contribution in [0.5, 0.6) is 11.5 Å². The van der Waals surface area contributed by atoms with Crippen LogP contribution in [0.4, 0.5) is 13.2 Å². The lowest BCUT2D eigenvalue weighted by Gasteiger charge is -2.22. The molecule has 5 nitrogen and oxygen atoms in total. The van der Waals surface area contributed by atoms with Crippen molar-refractivity contribution in [1.29, 1.82) is 0 Å². The fourth-order valence-electron chi connectivity index (χ4n) is 3.90. The molecular formula is C23H28F3N3O2. The second kappa shape index (κ2) is 8.78. The van der Waals surface area contributed by atoms with Crippen LogP contribution in [-0.2, 0) is 0 Å². The van der Waals surface area contributed by atoms with Crippen molar-refractivity contribution in [3.05, 3.63) is 41.6 Å². The normalized spacial score (nSPS) is 13.1. The highest BCUT2D eigenvalue weighted by atomic mass is 19.4. The first-order valence-electron chi connectivity index (χ1n) is 10.1. The maximum Gasteiger partial charge on any atom is 0.573 e. The van der Waals surface area contributed by atoms with Gasteiger partial charge in [-0.1, -0.05) is 6.92 Å². The van der Waals surface area contributed by atoms with Gasteiger partial charge in [0.2, 0.25) is 0 Å². The van der Waals surface area contributed by atoms with Crippen LogP contribution in [-0.4, -0.2) is 48.6 Å². The summed E-state index contributed by atoms with van der Waals surface area (Å²) in [6.45, 7) is 7.04.